The molecule has 0 unspecified atom stereocenters. The largest absolute Gasteiger partial charge is 0.315 e. The number of amides is 1. The fourth-order valence-electron chi connectivity index (χ4n) is 1.69. The van der Waals surface area contributed by atoms with Gasteiger partial charge in [-0.25, -0.2) is 0 Å². The summed E-state index contributed by atoms with van der Waals surface area (Å²) in [6.45, 7) is 3.28. The number of nitrogens with zero attached hydrogens (tertiary/aromatic N) is 1. The Bertz CT molecular complexity index is 667. The van der Waals surface area contributed by atoms with Crippen LogP contribution in [0.2, 0.25) is 5.02 Å². The van der Waals surface area contributed by atoms with Crippen molar-refractivity contribution in [3.8, 4) is 0 Å². The Labute approximate surface area is 125 Å². The molecule has 1 N–H and O–H groups in total. The summed E-state index contributed by atoms with van der Waals surface area (Å²) in [4.78, 5) is 23.2. The molecule has 0 fully saturated rings. The van der Waals surface area contributed by atoms with Crippen LogP contribution < -0.4 is 5.32 Å². The molecule has 6 heteroatoms. The van der Waals surface area contributed by atoms with Gasteiger partial charge in [0.25, 0.3) is 0 Å². The third-order valence-electron chi connectivity index (χ3n) is 2.74. The van der Waals surface area contributed by atoms with Gasteiger partial charge in [-0.3, -0.25) is 9.59 Å². The second-order valence-corrected chi connectivity index (χ2v) is 5.54. The Morgan fingerprint density at radius 3 is 2.75 bits per heavy atom. The van der Waals surface area contributed by atoms with Gasteiger partial charge < -0.3 is 5.32 Å². The summed E-state index contributed by atoms with van der Waals surface area (Å²) in [6.07, 6.45) is 0.189. The van der Waals surface area contributed by atoms with E-state index in [-0.39, 0.29) is 18.1 Å². The van der Waals surface area contributed by atoms with E-state index in [9.17, 15) is 9.59 Å². The van der Waals surface area contributed by atoms with Crippen LogP contribution in [0, 0.1) is 6.92 Å². The van der Waals surface area contributed by atoms with E-state index in [1.165, 1.54) is 6.92 Å². The van der Waals surface area contributed by atoms with Gasteiger partial charge in [0.2, 0.25) is 5.91 Å². The molecule has 0 saturated carbocycles. The van der Waals surface area contributed by atoms with Crippen molar-refractivity contribution in [2.45, 2.75) is 20.3 Å². The van der Waals surface area contributed by atoms with Gasteiger partial charge in [0.05, 0.1) is 17.1 Å². The topological polar surface area (TPSA) is 59.1 Å². The zero-order chi connectivity index (χ0) is 14.7. The number of aryl methyl sites for hydroxylation is 1. The van der Waals surface area contributed by atoms with Crippen molar-refractivity contribution >= 4 is 39.8 Å². The molecule has 1 heterocycles. The number of benzene rings is 1. The minimum atomic E-state index is -0.184. The number of halogens is 1. The van der Waals surface area contributed by atoms with E-state index in [1.807, 2.05) is 6.07 Å². The van der Waals surface area contributed by atoms with Gasteiger partial charge in [-0.2, -0.15) is 4.37 Å². The van der Waals surface area contributed by atoms with Crippen molar-refractivity contribution in [1.29, 1.82) is 0 Å². The number of carbonyl (C=O) groups is 2. The maximum Gasteiger partial charge on any atom is 0.229 e. The van der Waals surface area contributed by atoms with Crippen LogP contribution in [0.4, 0.5) is 5.00 Å². The monoisotopic (exact) mass is 308 g/mol. The van der Waals surface area contributed by atoms with E-state index in [1.54, 1.807) is 25.1 Å². The molecular formula is C14H13ClN2O2S. The van der Waals surface area contributed by atoms with Crippen LogP contribution in [0.3, 0.4) is 0 Å². The summed E-state index contributed by atoms with van der Waals surface area (Å²) in [5, 5.41) is 3.75. The van der Waals surface area contributed by atoms with E-state index in [2.05, 4.69) is 9.69 Å². The molecule has 0 atom stereocenters. The normalized spacial score (nSPS) is 10.3. The molecule has 0 spiro atoms. The zero-order valence-electron chi connectivity index (χ0n) is 11.1. The van der Waals surface area contributed by atoms with Crippen molar-refractivity contribution < 1.29 is 9.59 Å². The van der Waals surface area contributed by atoms with Crippen molar-refractivity contribution in [3.05, 3.63) is 46.1 Å². The first kappa shape index (κ1) is 14.7. The van der Waals surface area contributed by atoms with Crippen LogP contribution in [-0.4, -0.2) is 16.1 Å². The summed E-state index contributed by atoms with van der Waals surface area (Å²) in [5.41, 5.74) is 2.08. The number of hydrogen-bond donors (Lipinski definition) is 1. The number of rotatable bonds is 4. The number of anilines is 1. The van der Waals surface area contributed by atoms with Gasteiger partial charge in [0.1, 0.15) is 5.00 Å². The highest BCUT2D eigenvalue weighted by atomic mass is 35.5. The number of Topliss-reactive ketones (excluding diaryl/α,β-unsaturated/α-hetero) is 1. The third-order valence-corrected chi connectivity index (χ3v) is 4.17. The van der Waals surface area contributed by atoms with E-state index < -0.39 is 0 Å². The van der Waals surface area contributed by atoms with Crippen molar-refractivity contribution in [2.75, 3.05) is 5.32 Å². The minimum absolute atomic E-state index is 0.0200. The molecule has 1 aromatic heterocycles. The molecule has 0 aliphatic rings. The SMILES string of the molecule is CC(=O)c1cccc(CC(=O)Nc2snc(C)c2Cl)c1. The predicted molar refractivity (Wildman–Crippen MR) is 80.6 cm³/mol. The average Bonchev–Trinajstić information content (AvgIpc) is 2.71. The Morgan fingerprint density at radius 1 is 1.40 bits per heavy atom. The van der Waals surface area contributed by atoms with Crippen LogP contribution in [-0.2, 0) is 11.2 Å². The Kier molecular flexibility index (Phi) is 4.52. The second kappa shape index (κ2) is 6.15. The van der Waals surface area contributed by atoms with Gasteiger partial charge in [0.15, 0.2) is 5.78 Å². The maximum absolute atomic E-state index is 11.9. The molecule has 1 amide bonds. The molecule has 0 bridgehead atoms. The number of aromatic nitrogens is 1. The zero-order valence-corrected chi connectivity index (χ0v) is 12.6. The molecule has 0 saturated heterocycles. The Morgan fingerprint density at radius 2 is 2.15 bits per heavy atom. The fraction of sp³-hybridized carbons (Fsp3) is 0.214. The summed E-state index contributed by atoms with van der Waals surface area (Å²) < 4.78 is 4.06. The molecule has 2 rings (SSSR count). The first-order chi connectivity index (χ1) is 9.47. The maximum atomic E-state index is 11.9. The average molecular weight is 309 g/mol. The van der Waals surface area contributed by atoms with Gasteiger partial charge in [-0.1, -0.05) is 29.8 Å². The lowest BCUT2D eigenvalue weighted by molar-refractivity contribution is -0.115. The number of hydrogen-bond acceptors (Lipinski definition) is 4. The van der Waals surface area contributed by atoms with E-state index in [4.69, 9.17) is 11.6 Å². The molecular weight excluding hydrogens is 296 g/mol. The fourth-order valence-corrected chi connectivity index (χ4v) is 2.64. The lowest BCUT2D eigenvalue weighted by atomic mass is 10.1. The smallest absolute Gasteiger partial charge is 0.229 e. The van der Waals surface area contributed by atoms with Crippen LogP contribution in [0.25, 0.3) is 0 Å². The molecule has 0 radical (unpaired) electrons. The standard InChI is InChI=1S/C14H13ClN2O2S/c1-8-13(15)14(20-17-8)16-12(19)7-10-4-3-5-11(6-10)9(2)18/h3-6H,7H2,1-2H3,(H,16,19). The highest BCUT2D eigenvalue weighted by molar-refractivity contribution is 7.11. The lowest BCUT2D eigenvalue weighted by Crippen LogP contribution is -2.14. The highest BCUT2D eigenvalue weighted by Gasteiger charge is 2.12. The summed E-state index contributed by atoms with van der Waals surface area (Å²) in [7, 11) is 0. The first-order valence-corrected chi connectivity index (χ1v) is 7.14. The van der Waals surface area contributed by atoms with Gasteiger partial charge in [-0.15, -0.1) is 0 Å². The van der Waals surface area contributed by atoms with Crippen LogP contribution in [0.15, 0.2) is 24.3 Å². The molecule has 0 aliphatic heterocycles. The quantitative estimate of drug-likeness (QED) is 0.880. The molecule has 20 heavy (non-hydrogen) atoms. The molecule has 0 aliphatic carbocycles. The van der Waals surface area contributed by atoms with Crippen molar-refractivity contribution in [1.82, 2.24) is 4.37 Å². The molecule has 2 aromatic rings. The minimum Gasteiger partial charge on any atom is -0.315 e. The lowest BCUT2D eigenvalue weighted by Gasteiger charge is -2.04. The van der Waals surface area contributed by atoms with Gasteiger partial charge in [0, 0.05) is 5.56 Å². The number of nitrogens with one attached hydrogen (secondary N) is 1. The van der Waals surface area contributed by atoms with Crippen LogP contribution >= 0.6 is 23.1 Å². The van der Waals surface area contributed by atoms with Gasteiger partial charge in [-0.05, 0) is 37.0 Å². The number of carbonyl (C=O) groups excluding carboxylic acids is 2. The van der Waals surface area contributed by atoms with E-state index in [0.29, 0.717) is 21.3 Å². The number of ketones is 1. The second-order valence-electron chi connectivity index (χ2n) is 4.39. The molecule has 1 aromatic carbocycles. The van der Waals surface area contributed by atoms with Crippen molar-refractivity contribution in [3.63, 3.8) is 0 Å². The Balaban J connectivity index is 2.06. The summed E-state index contributed by atoms with van der Waals surface area (Å²) in [6, 6.07) is 7.03. The summed E-state index contributed by atoms with van der Waals surface area (Å²) >= 11 is 7.17. The molecule has 104 valence electrons. The van der Waals surface area contributed by atoms with Gasteiger partial charge >= 0.3 is 0 Å². The summed E-state index contributed by atoms with van der Waals surface area (Å²) in [5.74, 6) is -0.204. The van der Waals surface area contributed by atoms with E-state index >= 15 is 0 Å². The predicted octanol–water partition coefficient (Wildman–Crippen LogP) is 3.49. The Hall–Kier alpha value is -1.72. The highest BCUT2D eigenvalue weighted by Crippen LogP contribution is 2.29. The van der Waals surface area contributed by atoms with Crippen LogP contribution in [0.1, 0.15) is 28.5 Å². The molecule has 4 nitrogen and oxygen atoms in total. The first-order valence-electron chi connectivity index (χ1n) is 5.99. The van der Waals surface area contributed by atoms with Crippen LogP contribution in [0.5, 0.6) is 0 Å². The third kappa shape index (κ3) is 3.43. The van der Waals surface area contributed by atoms with Crippen molar-refractivity contribution in [2.24, 2.45) is 0 Å². The van der Waals surface area contributed by atoms with E-state index in [0.717, 1.165) is 17.1 Å².